The van der Waals surface area contributed by atoms with Crippen molar-refractivity contribution in [3.05, 3.63) is 53.3 Å². The summed E-state index contributed by atoms with van der Waals surface area (Å²) < 4.78 is 2.05. The average Bonchev–Trinajstić information content (AvgIpc) is 2.94. The summed E-state index contributed by atoms with van der Waals surface area (Å²) in [7, 11) is 0. The fourth-order valence-corrected chi connectivity index (χ4v) is 3.11. The number of benzene rings is 1. The van der Waals surface area contributed by atoms with Crippen LogP contribution in [0.3, 0.4) is 0 Å². The molecule has 1 aliphatic rings. The van der Waals surface area contributed by atoms with Gasteiger partial charge in [-0.2, -0.15) is 5.10 Å². The average molecular weight is 290 g/mol. The fraction of sp³-hybridized carbons (Fsp3) is 0.438. The van der Waals surface area contributed by atoms with Gasteiger partial charge in [0.2, 0.25) is 0 Å². The van der Waals surface area contributed by atoms with E-state index in [2.05, 4.69) is 33.0 Å². The van der Waals surface area contributed by atoms with Crippen molar-refractivity contribution in [1.29, 1.82) is 0 Å². The number of halogens is 1. The van der Waals surface area contributed by atoms with E-state index in [1.165, 1.54) is 31.5 Å². The molecule has 0 spiro atoms. The standard InChI is InChI=1S/C16H20ClN3/c17-16-4-1-3-15(11-16)12-19-9-5-14(6-10-19)13-20-8-2-7-18-20/h1-4,7-8,11,14H,5-6,9-10,12-13H2. The number of hydrogen-bond donors (Lipinski definition) is 0. The summed E-state index contributed by atoms with van der Waals surface area (Å²) in [4.78, 5) is 2.52. The Bertz CT molecular complexity index is 530. The molecule has 106 valence electrons. The molecule has 0 N–H and O–H groups in total. The molecule has 0 unspecified atom stereocenters. The molecule has 2 heterocycles. The predicted molar refractivity (Wildman–Crippen MR) is 81.7 cm³/mol. The molecule has 1 aliphatic heterocycles. The second kappa shape index (κ2) is 6.42. The molecule has 0 atom stereocenters. The van der Waals surface area contributed by atoms with Crippen LogP contribution in [-0.4, -0.2) is 27.8 Å². The third-order valence-corrected chi connectivity index (χ3v) is 4.24. The van der Waals surface area contributed by atoms with Crippen molar-refractivity contribution in [2.45, 2.75) is 25.9 Å². The number of rotatable bonds is 4. The summed E-state index contributed by atoms with van der Waals surface area (Å²) >= 11 is 6.04. The normalized spacial score (nSPS) is 17.4. The lowest BCUT2D eigenvalue weighted by molar-refractivity contribution is 0.164. The lowest BCUT2D eigenvalue weighted by Crippen LogP contribution is -2.34. The molecule has 2 aromatic rings. The van der Waals surface area contributed by atoms with E-state index in [0.29, 0.717) is 0 Å². The summed E-state index contributed by atoms with van der Waals surface area (Å²) in [5.74, 6) is 0.755. The van der Waals surface area contributed by atoms with Gasteiger partial charge in [-0.1, -0.05) is 23.7 Å². The predicted octanol–water partition coefficient (Wildman–Crippen LogP) is 3.45. The Morgan fingerprint density at radius 2 is 2.05 bits per heavy atom. The first-order valence-corrected chi connectivity index (χ1v) is 7.61. The van der Waals surface area contributed by atoms with Crippen LogP contribution in [0.1, 0.15) is 18.4 Å². The highest BCUT2D eigenvalue weighted by atomic mass is 35.5. The third kappa shape index (κ3) is 3.62. The number of hydrogen-bond acceptors (Lipinski definition) is 2. The van der Waals surface area contributed by atoms with Crippen LogP contribution >= 0.6 is 11.6 Å². The van der Waals surface area contributed by atoms with Gasteiger partial charge in [0.05, 0.1) is 0 Å². The van der Waals surface area contributed by atoms with Crippen molar-refractivity contribution in [3.8, 4) is 0 Å². The number of piperidine rings is 1. The molecule has 3 rings (SSSR count). The van der Waals surface area contributed by atoms with E-state index in [-0.39, 0.29) is 0 Å². The Balaban J connectivity index is 1.48. The molecule has 0 aliphatic carbocycles. The van der Waals surface area contributed by atoms with Crippen molar-refractivity contribution in [3.63, 3.8) is 0 Å². The first-order chi connectivity index (χ1) is 9.79. The topological polar surface area (TPSA) is 21.1 Å². The maximum Gasteiger partial charge on any atom is 0.0489 e. The highest BCUT2D eigenvalue weighted by Gasteiger charge is 2.19. The largest absolute Gasteiger partial charge is 0.299 e. The van der Waals surface area contributed by atoms with Crippen LogP contribution in [-0.2, 0) is 13.1 Å². The third-order valence-electron chi connectivity index (χ3n) is 4.01. The van der Waals surface area contributed by atoms with Crippen molar-refractivity contribution >= 4 is 11.6 Å². The van der Waals surface area contributed by atoms with Crippen LogP contribution in [0.5, 0.6) is 0 Å². The highest BCUT2D eigenvalue weighted by molar-refractivity contribution is 6.30. The second-order valence-corrected chi connectivity index (χ2v) is 6.01. The van der Waals surface area contributed by atoms with Crippen LogP contribution in [0.25, 0.3) is 0 Å². The highest BCUT2D eigenvalue weighted by Crippen LogP contribution is 2.21. The Morgan fingerprint density at radius 1 is 1.20 bits per heavy atom. The van der Waals surface area contributed by atoms with E-state index in [0.717, 1.165) is 24.0 Å². The summed E-state index contributed by atoms with van der Waals surface area (Å²) in [5.41, 5.74) is 1.31. The molecule has 0 bridgehead atoms. The van der Waals surface area contributed by atoms with Gasteiger partial charge in [0.15, 0.2) is 0 Å². The molecule has 1 saturated heterocycles. The lowest BCUT2D eigenvalue weighted by Gasteiger charge is -2.32. The van der Waals surface area contributed by atoms with Crippen LogP contribution in [0.2, 0.25) is 5.02 Å². The van der Waals surface area contributed by atoms with E-state index < -0.39 is 0 Å². The quantitative estimate of drug-likeness (QED) is 0.860. The monoisotopic (exact) mass is 289 g/mol. The van der Waals surface area contributed by atoms with Gasteiger partial charge in [0.25, 0.3) is 0 Å². The number of nitrogens with zero attached hydrogens (tertiary/aromatic N) is 3. The van der Waals surface area contributed by atoms with Gasteiger partial charge in [-0.15, -0.1) is 0 Å². The molecular formula is C16H20ClN3. The summed E-state index contributed by atoms with van der Waals surface area (Å²) in [5, 5.41) is 5.12. The maximum absolute atomic E-state index is 6.04. The molecular weight excluding hydrogens is 270 g/mol. The molecule has 1 fully saturated rings. The maximum atomic E-state index is 6.04. The fourth-order valence-electron chi connectivity index (χ4n) is 2.89. The van der Waals surface area contributed by atoms with Crippen LogP contribution in [0.4, 0.5) is 0 Å². The van der Waals surface area contributed by atoms with Gasteiger partial charge >= 0.3 is 0 Å². The lowest BCUT2D eigenvalue weighted by atomic mass is 9.96. The van der Waals surface area contributed by atoms with E-state index in [1.54, 1.807) is 0 Å². The molecule has 0 saturated carbocycles. The van der Waals surface area contributed by atoms with Gasteiger partial charge in [-0.3, -0.25) is 9.58 Å². The molecule has 3 nitrogen and oxygen atoms in total. The molecule has 20 heavy (non-hydrogen) atoms. The van der Waals surface area contributed by atoms with Gasteiger partial charge in [-0.25, -0.2) is 0 Å². The Hall–Kier alpha value is -1.32. The molecule has 1 aromatic carbocycles. The first-order valence-electron chi connectivity index (χ1n) is 7.24. The Labute approximate surface area is 125 Å². The van der Waals surface area contributed by atoms with Crippen molar-refractivity contribution in [2.24, 2.45) is 5.92 Å². The zero-order valence-corrected chi connectivity index (χ0v) is 12.3. The Kier molecular flexibility index (Phi) is 4.38. The first kappa shape index (κ1) is 13.7. The van der Waals surface area contributed by atoms with Gasteiger partial charge in [0.1, 0.15) is 0 Å². The van der Waals surface area contributed by atoms with Crippen LogP contribution < -0.4 is 0 Å². The van der Waals surface area contributed by atoms with Crippen molar-refractivity contribution in [2.75, 3.05) is 13.1 Å². The van der Waals surface area contributed by atoms with Gasteiger partial charge in [0, 0.05) is 30.5 Å². The molecule has 4 heteroatoms. The van der Waals surface area contributed by atoms with Gasteiger partial charge in [-0.05, 0) is 55.6 Å². The van der Waals surface area contributed by atoms with E-state index in [1.807, 2.05) is 24.4 Å². The van der Waals surface area contributed by atoms with E-state index in [9.17, 15) is 0 Å². The van der Waals surface area contributed by atoms with E-state index >= 15 is 0 Å². The molecule has 0 radical (unpaired) electrons. The minimum Gasteiger partial charge on any atom is -0.299 e. The second-order valence-electron chi connectivity index (χ2n) is 5.58. The SMILES string of the molecule is Clc1cccc(CN2CCC(Cn3cccn3)CC2)c1. The smallest absolute Gasteiger partial charge is 0.0489 e. The molecule has 0 amide bonds. The van der Waals surface area contributed by atoms with Crippen LogP contribution in [0.15, 0.2) is 42.7 Å². The minimum atomic E-state index is 0.755. The molecule has 1 aromatic heterocycles. The van der Waals surface area contributed by atoms with Crippen LogP contribution in [0, 0.1) is 5.92 Å². The zero-order chi connectivity index (χ0) is 13.8. The van der Waals surface area contributed by atoms with Gasteiger partial charge < -0.3 is 0 Å². The zero-order valence-electron chi connectivity index (χ0n) is 11.6. The van der Waals surface area contributed by atoms with Crippen molar-refractivity contribution in [1.82, 2.24) is 14.7 Å². The van der Waals surface area contributed by atoms with Crippen molar-refractivity contribution < 1.29 is 0 Å². The van der Waals surface area contributed by atoms with E-state index in [4.69, 9.17) is 11.6 Å². The summed E-state index contributed by atoms with van der Waals surface area (Å²) in [6.45, 7) is 4.39. The number of likely N-dealkylation sites (tertiary alicyclic amines) is 1. The Morgan fingerprint density at radius 3 is 2.75 bits per heavy atom. The minimum absolute atomic E-state index is 0.755. The summed E-state index contributed by atoms with van der Waals surface area (Å²) in [6.07, 6.45) is 6.41. The number of aromatic nitrogens is 2. The summed E-state index contributed by atoms with van der Waals surface area (Å²) in [6, 6.07) is 10.2.